The van der Waals surface area contributed by atoms with Gasteiger partial charge in [-0.05, 0) is 31.9 Å². The minimum atomic E-state index is -0.121. The number of hydrogen-bond donors (Lipinski definition) is 2. The molecule has 1 amide bonds. The van der Waals surface area contributed by atoms with Crippen LogP contribution in [0, 0.1) is 6.92 Å². The highest BCUT2D eigenvalue weighted by atomic mass is 32.1. The van der Waals surface area contributed by atoms with E-state index in [9.17, 15) is 9.90 Å². The lowest BCUT2D eigenvalue weighted by atomic mass is 9.92. The van der Waals surface area contributed by atoms with Crippen LogP contribution in [0.5, 0.6) is 0 Å². The largest absolute Gasteiger partial charge is 0.390 e. The third-order valence-electron chi connectivity index (χ3n) is 3.57. The molecule has 1 atom stereocenters. The maximum Gasteiger partial charge on any atom is 0.261 e. The summed E-state index contributed by atoms with van der Waals surface area (Å²) in [4.78, 5) is 14.0. The first-order chi connectivity index (χ1) is 9.67. The van der Waals surface area contributed by atoms with Crippen molar-refractivity contribution in [2.75, 3.05) is 0 Å². The molecular weight excluding hydrogens is 276 g/mol. The van der Waals surface area contributed by atoms with Gasteiger partial charge >= 0.3 is 0 Å². The second-order valence-corrected chi connectivity index (χ2v) is 6.30. The van der Waals surface area contributed by atoms with E-state index in [0.29, 0.717) is 12.1 Å². The summed E-state index contributed by atoms with van der Waals surface area (Å²) in [6.45, 7) is 1.86. The van der Waals surface area contributed by atoms with Crippen LogP contribution in [0.3, 0.4) is 0 Å². The van der Waals surface area contributed by atoms with Gasteiger partial charge in [0.25, 0.3) is 5.91 Å². The van der Waals surface area contributed by atoms with Gasteiger partial charge in [-0.25, -0.2) is 0 Å². The summed E-state index contributed by atoms with van der Waals surface area (Å²) in [5.74, 6) is 0.810. The SMILES string of the molecule is Cc1ccc(C(=O)NC2CCc3onc(CO)c3C2)s1. The minimum Gasteiger partial charge on any atom is -0.390 e. The first-order valence-corrected chi connectivity index (χ1v) is 7.43. The highest BCUT2D eigenvalue weighted by molar-refractivity contribution is 7.13. The number of carbonyl (C=O) groups excluding carboxylic acids is 1. The number of nitrogens with zero attached hydrogens (tertiary/aromatic N) is 1. The second kappa shape index (κ2) is 5.38. The van der Waals surface area contributed by atoms with E-state index in [-0.39, 0.29) is 18.6 Å². The molecule has 0 fully saturated rings. The predicted molar refractivity (Wildman–Crippen MR) is 74.8 cm³/mol. The van der Waals surface area contributed by atoms with E-state index >= 15 is 0 Å². The minimum absolute atomic E-state index is 0.0291. The Morgan fingerprint density at radius 2 is 2.45 bits per heavy atom. The standard InChI is InChI=1S/C14H16N2O3S/c1-8-2-5-13(20-8)14(18)15-9-3-4-12-10(6-9)11(7-17)16-19-12/h2,5,9,17H,3-4,6-7H2,1H3,(H,15,18). The number of aliphatic hydroxyl groups is 1. The maximum absolute atomic E-state index is 12.1. The molecule has 2 heterocycles. The van der Waals surface area contributed by atoms with Crippen molar-refractivity contribution in [2.45, 2.75) is 38.8 Å². The van der Waals surface area contributed by atoms with Gasteiger partial charge in [-0.2, -0.15) is 0 Å². The maximum atomic E-state index is 12.1. The lowest BCUT2D eigenvalue weighted by Crippen LogP contribution is -2.38. The first-order valence-electron chi connectivity index (χ1n) is 6.62. The Balaban J connectivity index is 1.69. The van der Waals surface area contributed by atoms with E-state index in [1.807, 2.05) is 19.1 Å². The molecule has 0 bridgehead atoms. The molecular formula is C14H16N2O3S. The molecule has 1 unspecified atom stereocenters. The lowest BCUT2D eigenvalue weighted by Gasteiger charge is -2.22. The predicted octanol–water partition coefficient (Wildman–Crippen LogP) is 1.82. The topological polar surface area (TPSA) is 75.4 Å². The molecule has 0 aromatic carbocycles. The monoisotopic (exact) mass is 292 g/mol. The molecule has 2 N–H and O–H groups in total. The van der Waals surface area contributed by atoms with Crippen LogP contribution in [0.2, 0.25) is 0 Å². The number of rotatable bonds is 3. The lowest BCUT2D eigenvalue weighted by molar-refractivity contribution is 0.0937. The number of aliphatic hydroxyl groups excluding tert-OH is 1. The molecule has 0 aliphatic heterocycles. The van der Waals surface area contributed by atoms with Crippen LogP contribution in [0.4, 0.5) is 0 Å². The fourth-order valence-electron chi connectivity index (χ4n) is 2.52. The van der Waals surface area contributed by atoms with Gasteiger partial charge in [0.15, 0.2) is 0 Å². The molecule has 2 aromatic rings. The van der Waals surface area contributed by atoms with Gasteiger partial charge < -0.3 is 14.9 Å². The Morgan fingerprint density at radius 1 is 1.60 bits per heavy atom. The van der Waals surface area contributed by atoms with Gasteiger partial charge in [-0.15, -0.1) is 11.3 Å². The summed E-state index contributed by atoms with van der Waals surface area (Å²) in [5, 5.41) is 16.1. The zero-order valence-electron chi connectivity index (χ0n) is 11.2. The van der Waals surface area contributed by atoms with E-state index in [2.05, 4.69) is 10.5 Å². The smallest absolute Gasteiger partial charge is 0.261 e. The van der Waals surface area contributed by atoms with E-state index in [1.54, 1.807) is 0 Å². The van der Waals surface area contributed by atoms with E-state index in [0.717, 1.165) is 33.9 Å². The Hall–Kier alpha value is -1.66. The summed E-state index contributed by atoms with van der Waals surface area (Å²) in [7, 11) is 0. The number of amides is 1. The van der Waals surface area contributed by atoms with Crippen molar-refractivity contribution < 1.29 is 14.4 Å². The highest BCUT2D eigenvalue weighted by Crippen LogP contribution is 2.25. The fourth-order valence-corrected chi connectivity index (χ4v) is 3.29. The molecule has 2 aromatic heterocycles. The third kappa shape index (κ3) is 2.48. The van der Waals surface area contributed by atoms with E-state index in [4.69, 9.17) is 4.52 Å². The number of carbonyl (C=O) groups is 1. The van der Waals surface area contributed by atoms with Gasteiger partial charge in [0.1, 0.15) is 11.5 Å². The highest BCUT2D eigenvalue weighted by Gasteiger charge is 2.26. The molecule has 20 heavy (non-hydrogen) atoms. The van der Waals surface area contributed by atoms with Gasteiger partial charge in [-0.1, -0.05) is 5.16 Å². The third-order valence-corrected chi connectivity index (χ3v) is 4.57. The van der Waals surface area contributed by atoms with Crippen molar-refractivity contribution in [1.82, 2.24) is 10.5 Å². The van der Waals surface area contributed by atoms with Gasteiger partial charge in [-0.3, -0.25) is 4.79 Å². The van der Waals surface area contributed by atoms with Gasteiger partial charge in [0.05, 0.1) is 11.5 Å². The molecule has 0 spiro atoms. The fraction of sp³-hybridized carbons (Fsp3) is 0.429. The van der Waals surface area contributed by atoms with Crippen LogP contribution >= 0.6 is 11.3 Å². The summed E-state index contributed by atoms with van der Waals surface area (Å²) in [6.07, 6.45) is 2.25. The van der Waals surface area contributed by atoms with Gasteiger partial charge in [0, 0.05) is 22.9 Å². The van der Waals surface area contributed by atoms with Crippen molar-refractivity contribution >= 4 is 17.2 Å². The van der Waals surface area contributed by atoms with Gasteiger partial charge in [0.2, 0.25) is 0 Å². The molecule has 0 saturated carbocycles. The van der Waals surface area contributed by atoms with Crippen molar-refractivity contribution in [3.05, 3.63) is 38.9 Å². The van der Waals surface area contributed by atoms with Crippen LogP contribution in [0.15, 0.2) is 16.7 Å². The Kier molecular flexibility index (Phi) is 3.58. The Bertz CT molecular complexity index is 619. The van der Waals surface area contributed by atoms with Crippen LogP contribution in [-0.2, 0) is 19.4 Å². The number of nitrogens with one attached hydrogen (secondary N) is 1. The number of aromatic nitrogens is 1. The number of aryl methyl sites for hydroxylation is 2. The summed E-state index contributed by atoms with van der Waals surface area (Å²) < 4.78 is 5.20. The molecule has 106 valence electrons. The average molecular weight is 292 g/mol. The van der Waals surface area contributed by atoms with Crippen LogP contribution in [0.1, 0.15) is 38.0 Å². The molecule has 1 aliphatic carbocycles. The molecule has 0 radical (unpaired) electrons. The zero-order valence-corrected chi connectivity index (χ0v) is 12.0. The number of hydrogen-bond acceptors (Lipinski definition) is 5. The summed E-state index contributed by atoms with van der Waals surface area (Å²) in [6, 6.07) is 3.87. The van der Waals surface area contributed by atoms with Crippen LogP contribution in [-0.4, -0.2) is 22.2 Å². The normalized spacial score (nSPS) is 17.8. The number of thiophene rings is 1. The molecule has 5 nitrogen and oxygen atoms in total. The quantitative estimate of drug-likeness (QED) is 0.905. The van der Waals surface area contributed by atoms with Crippen molar-refractivity contribution in [1.29, 1.82) is 0 Å². The van der Waals surface area contributed by atoms with Crippen molar-refractivity contribution in [3.8, 4) is 0 Å². The summed E-state index contributed by atoms with van der Waals surface area (Å²) in [5.41, 5.74) is 1.54. The second-order valence-electron chi connectivity index (χ2n) is 5.01. The van der Waals surface area contributed by atoms with Crippen LogP contribution < -0.4 is 5.32 Å². The Morgan fingerprint density at radius 3 is 3.15 bits per heavy atom. The average Bonchev–Trinajstić information content (AvgIpc) is 3.04. The molecule has 0 saturated heterocycles. The van der Waals surface area contributed by atoms with Crippen molar-refractivity contribution in [2.24, 2.45) is 0 Å². The van der Waals surface area contributed by atoms with Crippen LogP contribution in [0.25, 0.3) is 0 Å². The molecule has 1 aliphatic rings. The van der Waals surface area contributed by atoms with E-state index < -0.39 is 0 Å². The molecule has 6 heteroatoms. The first kappa shape index (κ1) is 13.3. The van der Waals surface area contributed by atoms with E-state index in [1.165, 1.54) is 11.3 Å². The Labute approximate surface area is 120 Å². The zero-order chi connectivity index (χ0) is 14.1. The van der Waals surface area contributed by atoms with Crippen molar-refractivity contribution in [3.63, 3.8) is 0 Å². The molecule has 3 rings (SSSR count). The summed E-state index contributed by atoms with van der Waals surface area (Å²) >= 11 is 1.50. The number of fused-ring (bicyclic) bond motifs is 1.